The summed E-state index contributed by atoms with van der Waals surface area (Å²) in [7, 11) is 0. The molecule has 3 atom stereocenters. The normalized spacial score (nSPS) is 21.9. The van der Waals surface area contributed by atoms with Crippen molar-refractivity contribution in [2.75, 3.05) is 36.5 Å². The van der Waals surface area contributed by atoms with Crippen LogP contribution in [0.2, 0.25) is 0 Å². The molecule has 216 valence electrons. The van der Waals surface area contributed by atoms with Gasteiger partial charge in [-0.05, 0) is 48.7 Å². The number of benzene rings is 1. The molecule has 0 amide bonds. The zero-order valence-electron chi connectivity index (χ0n) is 22.7. The lowest BCUT2D eigenvalue weighted by molar-refractivity contribution is -0.0391. The fraction of sp³-hybridized carbons (Fsp3) is 0.414. The van der Waals surface area contributed by atoms with Gasteiger partial charge in [-0.25, -0.2) is 13.8 Å². The molecule has 0 spiro atoms. The lowest BCUT2D eigenvalue weighted by Gasteiger charge is -2.40. The molecule has 1 aromatic carbocycles. The van der Waals surface area contributed by atoms with Gasteiger partial charge in [0.25, 0.3) is 0 Å². The van der Waals surface area contributed by atoms with Crippen LogP contribution in [0.3, 0.4) is 0 Å². The van der Waals surface area contributed by atoms with E-state index in [1.807, 2.05) is 13.0 Å². The van der Waals surface area contributed by atoms with Gasteiger partial charge in [0.15, 0.2) is 0 Å². The van der Waals surface area contributed by atoms with Crippen molar-refractivity contribution in [3.05, 3.63) is 66.1 Å². The Morgan fingerprint density at radius 1 is 1.12 bits per heavy atom. The summed E-state index contributed by atoms with van der Waals surface area (Å²) in [6.45, 7) is 4.43. The van der Waals surface area contributed by atoms with Crippen molar-refractivity contribution >= 4 is 22.8 Å². The van der Waals surface area contributed by atoms with Gasteiger partial charge in [-0.15, -0.1) is 0 Å². The van der Waals surface area contributed by atoms with E-state index >= 15 is 8.78 Å². The molecule has 0 unspecified atom stereocenters. The largest absolute Gasteiger partial charge is 0.391 e. The van der Waals surface area contributed by atoms with Crippen LogP contribution in [-0.2, 0) is 16.1 Å². The second-order valence-corrected chi connectivity index (χ2v) is 10.7. The van der Waals surface area contributed by atoms with Crippen molar-refractivity contribution in [2.24, 2.45) is 11.7 Å². The number of pyridine rings is 1. The third-order valence-corrected chi connectivity index (χ3v) is 7.74. The number of halogens is 2. The number of aliphatic hydroxyl groups is 1. The number of aliphatic hydroxyl groups excluding tert-OH is 1. The first-order valence-corrected chi connectivity index (χ1v) is 13.8. The van der Waals surface area contributed by atoms with Crippen LogP contribution in [0.15, 0.2) is 48.9 Å². The van der Waals surface area contributed by atoms with Crippen molar-refractivity contribution in [1.29, 1.82) is 0 Å². The third-order valence-electron chi connectivity index (χ3n) is 7.74. The molecular weight excluding hydrogens is 532 g/mol. The summed E-state index contributed by atoms with van der Waals surface area (Å²) in [5, 5.41) is 18.1. The molecule has 10 nitrogen and oxygen atoms in total. The van der Waals surface area contributed by atoms with Crippen molar-refractivity contribution in [2.45, 2.75) is 44.6 Å². The number of ether oxygens (including phenoxy) is 2. The topological polar surface area (TPSA) is 123 Å². The molecule has 0 radical (unpaired) electrons. The van der Waals surface area contributed by atoms with E-state index in [9.17, 15) is 5.11 Å². The van der Waals surface area contributed by atoms with Gasteiger partial charge in [0.1, 0.15) is 11.6 Å². The first kappa shape index (κ1) is 27.5. The van der Waals surface area contributed by atoms with Crippen molar-refractivity contribution < 1.29 is 23.4 Å². The molecule has 41 heavy (non-hydrogen) atoms. The second-order valence-electron chi connectivity index (χ2n) is 10.7. The molecule has 4 aromatic rings. The van der Waals surface area contributed by atoms with E-state index in [1.165, 1.54) is 16.6 Å². The quantitative estimate of drug-likeness (QED) is 0.308. The second kappa shape index (κ2) is 11.6. The molecule has 2 aliphatic heterocycles. The van der Waals surface area contributed by atoms with Crippen LogP contribution >= 0.6 is 0 Å². The number of nitrogens with one attached hydrogen (secondary N) is 1. The van der Waals surface area contributed by atoms with Crippen molar-refractivity contribution in [1.82, 2.24) is 19.6 Å². The number of hydrogen-bond acceptors (Lipinski definition) is 9. The molecule has 0 saturated carbocycles. The average molecular weight is 566 g/mol. The molecule has 2 saturated heterocycles. The number of fused-ring (bicyclic) bond motifs is 1. The van der Waals surface area contributed by atoms with E-state index in [1.54, 1.807) is 30.7 Å². The molecular formula is C29H33F2N7O3. The van der Waals surface area contributed by atoms with Gasteiger partial charge in [-0.3, -0.25) is 4.98 Å². The fourth-order valence-electron chi connectivity index (χ4n) is 5.50. The van der Waals surface area contributed by atoms with Crippen LogP contribution in [0.4, 0.5) is 26.1 Å². The highest BCUT2D eigenvalue weighted by molar-refractivity contribution is 5.74. The van der Waals surface area contributed by atoms with Crippen LogP contribution < -0.4 is 16.0 Å². The van der Waals surface area contributed by atoms with Gasteiger partial charge < -0.3 is 30.5 Å². The molecule has 4 N–H and O–H groups in total. The van der Waals surface area contributed by atoms with E-state index in [-0.39, 0.29) is 35.9 Å². The van der Waals surface area contributed by atoms with E-state index in [0.29, 0.717) is 49.0 Å². The van der Waals surface area contributed by atoms with Crippen LogP contribution in [-0.4, -0.2) is 69.2 Å². The maximum Gasteiger partial charge on any atom is 0.229 e. The number of piperidine rings is 1. The number of hydrogen-bond donors (Lipinski definition) is 3. The summed E-state index contributed by atoms with van der Waals surface area (Å²) in [5.74, 6) is -1.10. The van der Waals surface area contributed by atoms with Crippen LogP contribution in [0.5, 0.6) is 0 Å². The van der Waals surface area contributed by atoms with Crippen LogP contribution in [0, 0.1) is 17.6 Å². The highest BCUT2D eigenvalue weighted by atomic mass is 19.1. The summed E-state index contributed by atoms with van der Waals surface area (Å²) in [4.78, 5) is 10.8. The number of aromatic nitrogens is 4. The number of nitrogens with zero attached hydrogens (tertiary/aromatic N) is 5. The number of imidazole rings is 1. The molecule has 0 aliphatic carbocycles. The molecule has 12 heteroatoms. The Hall–Kier alpha value is -3.71. The first-order chi connectivity index (χ1) is 19.9. The number of anilines is 3. The third kappa shape index (κ3) is 5.73. The Labute approximate surface area is 236 Å². The maximum atomic E-state index is 15.2. The Morgan fingerprint density at radius 2 is 1.90 bits per heavy atom. The predicted molar refractivity (Wildman–Crippen MR) is 150 cm³/mol. The molecule has 3 aromatic heterocycles. The zero-order valence-corrected chi connectivity index (χ0v) is 22.7. The van der Waals surface area contributed by atoms with Crippen LogP contribution in [0.1, 0.15) is 25.3 Å². The number of rotatable bonds is 7. The van der Waals surface area contributed by atoms with Gasteiger partial charge in [0, 0.05) is 44.5 Å². The minimum Gasteiger partial charge on any atom is -0.391 e. The van der Waals surface area contributed by atoms with Crippen LogP contribution in [0.25, 0.3) is 16.8 Å². The smallest absolute Gasteiger partial charge is 0.229 e. The summed E-state index contributed by atoms with van der Waals surface area (Å²) < 4.78 is 43.2. The van der Waals surface area contributed by atoms with Gasteiger partial charge >= 0.3 is 0 Å². The van der Waals surface area contributed by atoms with Gasteiger partial charge in [0.05, 0.1) is 59.4 Å². The SMILES string of the molecule is C[C@H]1CN(c2ccncc2Nc2ncc3ccc(-c4c(F)cc(COC5CCOCC5)cc4F)nn23)C[C@@H](N)[C@@H]1O. The maximum absolute atomic E-state index is 15.2. The Bertz CT molecular complexity index is 1490. The average Bonchev–Trinajstić information content (AvgIpc) is 3.37. The standard InChI is InChI=1S/C29H33F2N7O3/c1-17-14-37(15-23(32)28(17)39)26-4-7-33-13-25(26)35-29-34-12-19-2-3-24(36-38(19)29)27-21(30)10-18(11-22(27)31)16-41-20-5-8-40-9-6-20/h2-4,7,10-13,17,20,23,28,39H,5-6,8-9,14-16,32H2,1H3,(H,34,35)/t17-,23+,28+/m0/s1. The molecule has 2 fully saturated rings. The minimum atomic E-state index is -0.718. The van der Waals surface area contributed by atoms with E-state index in [4.69, 9.17) is 15.2 Å². The van der Waals surface area contributed by atoms with Gasteiger partial charge in [-0.1, -0.05) is 6.92 Å². The van der Waals surface area contributed by atoms with Gasteiger partial charge in [-0.2, -0.15) is 9.61 Å². The lowest BCUT2D eigenvalue weighted by atomic mass is 9.92. The fourth-order valence-corrected chi connectivity index (χ4v) is 5.50. The summed E-state index contributed by atoms with van der Waals surface area (Å²) >= 11 is 0. The van der Waals surface area contributed by atoms with E-state index in [0.717, 1.165) is 18.5 Å². The Balaban J connectivity index is 1.25. The predicted octanol–water partition coefficient (Wildman–Crippen LogP) is 3.65. The lowest BCUT2D eigenvalue weighted by Crippen LogP contribution is -2.55. The monoisotopic (exact) mass is 565 g/mol. The van der Waals surface area contributed by atoms with Gasteiger partial charge in [0.2, 0.25) is 5.95 Å². The summed E-state index contributed by atoms with van der Waals surface area (Å²) in [6, 6.07) is 7.34. The first-order valence-electron chi connectivity index (χ1n) is 13.8. The molecule has 5 heterocycles. The highest BCUT2D eigenvalue weighted by Gasteiger charge is 2.32. The molecule has 2 aliphatic rings. The molecule has 0 bridgehead atoms. The van der Waals surface area contributed by atoms with E-state index in [2.05, 4.69) is 25.3 Å². The number of nitrogens with two attached hydrogens (primary N) is 1. The van der Waals surface area contributed by atoms with Crippen molar-refractivity contribution in [3.63, 3.8) is 0 Å². The minimum absolute atomic E-state index is 0.0131. The highest BCUT2D eigenvalue weighted by Crippen LogP contribution is 2.32. The molecule has 6 rings (SSSR count). The Morgan fingerprint density at radius 3 is 2.66 bits per heavy atom. The summed E-state index contributed by atoms with van der Waals surface area (Å²) in [5.41, 5.74) is 8.66. The summed E-state index contributed by atoms with van der Waals surface area (Å²) in [6.07, 6.45) is 5.96. The van der Waals surface area contributed by atoms with Crippen molar-refractivity contribution in [3.8, 4) is 11.3 Å². The van der Waals surface area contributed by atoms with E-state index < -0.39 is 17.7 Å². The zero-order chi connectivity index (χ0) is 28.5. The Kier molecular flexibility index (Phi) is 7.80.